The van der Waals surface area contributed by atoms with Gasteiger partial charge in [-0.25, -0.2) is 0 Å². The van der Waals surface area contributed by atoms with Crippen LogP contribution in [0.4, 0.5) is 0 Å². The molecule has 0 saturated heterocycles. The SMILES string of the molecule is CSC(C)c1ccncc1C(C)(C)C. The zero-order chi connectivity index (χ0) is 10.8. The molecular weight excluding hydrogens is 190 g/mol. The van der Waals surface area contributed by atoms with E-state index in [-0.39, 0.29) is 5.41 Å². The Morgan fingerprint density at radius 1 is 1.36 bits per heavy atom. The van der Waals surface area contributed by atoms with Crippen LogP contribution < -0.4 is 0 Å². The Labute approximate surface area is 91.3 Å². The van der Waals surface area contributed by atoms with E-state index in [0.29, 0.717) is 5.25 Å². The molecule has 0 aromatic carbocycles. The summed E-state index contributed by atoms with van der Waals surface area (Å²) in [6, 6.07) is 2.14. The zero-order valence-corrected chi connectivity index (χ0v) is 10.5. The maximum atomic E-state index is 4.22. The molecule has 0 amide bonds. The Kier molecular flexibility index (Phi) is 3.59. The summed E-state index contributed by atoms with van der Waals surface area (Å²) in [6.45, 7) is 8.96. The summed E-state index contributed by atoms with van der Waals surface area (Å²) in [4.78, 5) is 4.22. The van der Waals surface area contributed by atoms with E-state index in [1.807, 2.05) is 24.2 Å². The summed E-state index contributed by atoms with van der Waals surface area (Å²) in [6.07, 6.45) is 6.04. The van der Waals surface area contributed by atoms with Gasteiger partial charge in [0.2, 0.25) is 0 Å². The minimum Gasteiger partial charge on any atom is -0.264 e. The van der Waals surface area contributed by atoms with Gasteiger partial charge in [-0.1, -0.05) is 20.8 Å². The van der Waals surface area contributed by atoms with E-state index in [1.54, 1.807) is 0 Å². The summed E-state index contributed by atoms with van der Waals surface area (Å²) in [7, 11) is 0. The van der Waals surface area contributed by atoms with E-state index in [2.05, 4.69) is 45.0 Å². The molecule has 2 heteroatoms. The number of thioether (sulfide) groups is 1. The Hall–Kier alpha value is -0.500. The largest absolute Gasteiger partial charge is 0.264 e. The maximum absolute atomic E-state index is 4.22. The highest BCUT2D eigenvalue weighted by molar-refractivity contribution is 7.98. The summed E-state index contributed by atoms with van der Waals surface area (Å²) in [5.41, 5.74) is 2.97. The third-order valence-electron chi connectivity index (χ3n) is 2.45. The van der Waals surface area contributed by atoms with E-state index in [9.17, 15) is 0 Å². The first-order chi connectivity index (χ1) is 6.46. The third kappa shape index (κ3) is 2.50. The van der Waals surface area contributed by atoms with Gasteiger partial charge in [0.05, 0.1) is 0 Å². The van der Waals surface area contributed by atoms with Crippen LogP contribution in [0, 0.1) is 0 Å². The molecule has 1 atom stereocenters. The standard InChI is InChI=1S/C12H19NS/c1-9(14-5)10-6-7-13-8-11(10)12(2,3)4/h6-9H,1-5H3. The van der Waals surface area contributed by atoms with E-state index in [4.69, 9.17) is 0 Å². The number of pyridine rings is 1. The topological polar surface area (TPSA) is 12.9 Å². The lowest BCUT2D eigenvalue weighted by Crippen LogP contribution is -2.15. The first-order valence-corrected chi connectivity index (χ1v) is 6.22. The van der Waals surface area contributed by atoms with Crippen LogP contribution in [0.5, 0.6) is 0 Å². The van der Waals surface area contributed by atoms with Gasteiger partial charge < -0.3 is 0 Å². The van der Waals surface area contributed by atoms with Gasteiger partial charge in [0.1, 0.15) is 0 Å². The van der Waals surface area contributed by atoms with Crippen LogP contribution in [0.25, 0.3) is 0 Å². The molecule has 0 radical (unpaired) electrons. The third-order valence-corrected chi connectivity index (χ3v) is 3.42. The van der Waals surface area contributed by atoms with Gasteiger partial charge >= 0.3 is 0 Å². The molecule has 14 heavy (non-hydrogen) atoms. The first kappa shape index (κ1) is 11.6. The van der Waals surface area contributed by atoms with Gasteiger partial charge in [0.25, 0.3) is 0 Å². The van der Waals surface area contributed by atoms with Crippen LogP contribution in [0.1, 0.15) is 44.1 Å². The number of aromatic nitrogens is 1. The van der Waals surface area contributed by atoms with Crippen molar-refractivity contribution >= 4 is 11.8 Å². The van der Waals surface area contributed by atoms with Crippen LogP contribution in [-0.4, -0.2) is 11.2 Å². The van der Waals surface area contributed by atoms with Crippen LogP contribution in [0.15, 0.2) is 18.5 Å². The predicted molar refractivity (Wildman–Crippen MR) is 64.9 cm³/mol. The van der Waals surface area contributed by atoms with Crippen molar-refractivity contribution in [1.29, 1.82) is 0 Å². The molecule has 0 aliphatic rings. The molecule has 0 spiro atoms. The number of rotatable bonds is 2. The lowest BCUT2D eigenvalue weighted by atomic mass is 9.84. The van der Waals surface area contributed by atoms with Gasteiger partial charge in [0.15, 0.2) is 0 Å². The second-order valence-electron chi connectivity index (χ2n) is 4.59. The first-order valence-electron chi connectivity index (χ1n) is 4.94. The number of nitrogens with zero attached hydrogens (tertiary/aromatic N) is 1. The number of hydrogen-bond acceptors (Lipinski definition) is 2. The van der Waals surface area contributed by atoms with E-state index < -0.39 is 0 Å². The molecule has 0 aliphatic carbocycles. The van der Waals surface area contributed by atoms with Crippen molar-refractivity contribution in [2.75, 3.05) is 6.26 Å². The van der Waals surface area contributed by atoms with Crippen LogP contribution in [-0.2, 0) is 5.41 Å². The lowest BCUT2D eigenvalue weighted by Gasteiger charge is -2.24. The molecule has 1 aromatic heterocycles. The number of hydrogen-bond donors (Lipinski definition) is 0. The molecule has 0 N–H and O–H groups in total. The highest BCUT2D eigenvalue weighted by atomic mass is 32.2. The summed E-state index contributed by atoms with van der Waals surface area (Å²) >= 11 is 1.88. The van der Waals surface area contributed by atoms with Crippen molar-refractivity contribution in [2.24, 2.45) is 0 Å². The molecule has 78 valence electrons. The fraction of sp³-hybridized carbons (Fsp3) is 0.583. The molecule has 0 bridgehead atoms. The van der Waals surface area contributed by atoms with Crippen molar-refractivity contribution in [1.82, 2.24) is 4.98 Å². The van der Waals surface area contributed by atoms with Crippen LogP contribution in [0.3, 0.4) is 0 Å². The monoisotopic (exact) mass is 209 g/mol. The van der Waals surface area contributed by atoms with Crippen molar-refractivity contribution < 1.29 is 0 Å². The predicted octanol–water partition coefficient (Wildman–Crippen LogP) is 3.80. The molecule has 1 rings (SSSR count). The van der Waals surface area contributed by atoms with Crippen molar-refractivity contribution in [3.63, 3.8) is 0 Å². The average Bonchev–Trinajstić information content (AvgIpc) is 2.15. The quantitative estimate of drug-likeness (QED) is 0.734. The van der Waals surface area contributed by atoms with Crippen LogP contribution in [0.2, 0.25) is 0 Å². The van der Waals surface area contributed by atoms with Gasteiger partial charge in [-0.2, -0.15) is 11.8 Å². The minimum atomic E-state index is 0.188. The maximum Gasteiger partial charge on any atom is 0.0308 e. The Morgan fingerprint density at radius 3 is 2.50 bits per heavy atom. The molecular formula is C12H19NS. The summed E-state index contributed by atoms with van der Waals surface area (Å²) in [5, 5.41) is 0.548. The molecule has 0 aliphatic heterocycles. The lowest BCUT2D eigenvalue weighted by molar-refractivity contribution is 0.580. The Balaban J connectivity index is 3.16. The minimum absolute atomic E-state index is 0.188. The second kappa shape index (κ2) is 4.35. The fourth-order valence-corrected chi connectivity index (χ4v) is 1.97. The highest BCUT2D eigenvalue weighted by Crippen LogP contribution is 2.34. The van der Waals surface area contributed by atoms with Gasteiger partial charge in [-0.15, -0.1) is 0 Å². The molecule has 0 saturated carbocycles. The normalized spacial score (nSPS) is 14.1. The van der Waals surface area contributed by atoms with E-state index in [0.717, 1.165) is 0 Å². The zero-order valence-electron chi connectivity index (χ0n) is 9.66. The van der Waals surface area contributed by atoms with Gasteiger partial charge in [-0.05, 0) is 35.8 Å². The van der Waals surface area contributed by atoms with E-state index in [1.165, 1.54) is 11.1 Å². The van der Waals surface area contributed by atoms with Crippen molar-refractivity contribution in [3.8, 4) is 0 Å². The summed E-state index contributed by atoms with van der Waals surface area (Å²) in [5.74, 6) is 0. The molecule has 1 nitrogen and oxygen atoms in total. The smallest absolute Gasteiger partial charge is 0.0308 e. The summed E-state index contributed by atoms with van der Waals surface area (Å²) < 4.78 is 0. The van der Waals surface area contributed by atoms with Crippen LogP contribution >= 0.6 is 11.8 Å². The van der Waals surface area contributed by atoms with Crippen molar-refractivity contribution in [3.05, 3.63) is 29.6 Å². The Morgan fingerprint density at radius 2 is 2.00 bits per heavy atom. The molecule has 0 fully saturated rings. The van der Waals surface area contributed by atoms with Crippen molar-refractivity contribution in [2.45, 2.75) is 38.4 Å². The second-order valence-corrected chi connectivity index (χ2v) is 5.77. The van der Waals surface area contributed by atoms with E-state index >= 15 is 0 Å². The highest BCUT2D eigenvalue weighted by Gasteiger charge is 2.20. The Bertz CT molecular complexity index is 301. The van der Waals surface area contributed by atoms with Gasteiger partial charge in [-0.3, -0.25) is 4.98 Å². The average molecular weight is 209 g/mol. The van der Waals surface area contributed by atoms with Gasteiger partial charge in [0, 0.05) is 17.6 Å². The molecule has 1 heterocycles. The fourth-order valence-electron chi connectivity index (χ4n) is 1.51. The molecule has 1 aromatic rings. The molecule has 1 unspecified atom stereocenters.